The Bertz CT molecular complexity index is 534. The van der Waals surface area contributed by atoms with E-state index in [0.29, 0.717) is 5.41 Å². The zero-order chi connectivity index (χ0) is 14.0. The van der Waals surface area contributed by atoms with Crippen LogP contribution < -0.4 is 5.32 Å². The average molecular weight is 272 g/mol. The highest BCUT2D eigenvalue weighted by atomic mass is 15.1. The third kappa shape index (κ3) is 2.80. The molecule has 1 heterocycles. The number of nitrogens with one attached hydrogen (secondary N) is 2. The van der Waals surface area contributed by atoms with Crippen LogP contribution in [-0.2, 0) is 0 Å². The molecule has 108 valence electrons. The monoisotopic (exact) mass is 272 g/mol. The van der Waals surface area contributed by atoms with E-state index in [-0.39, 0.29) is 0 Å². The van der Waals surface area contributed by atoms with E-state index in [1.54, 1.807) is 0 Å². The first-order valence-electron chi connectivity index (χ1n) is 7.50. The number of hydrogen-bond acceptors (Lipinski definition) is 3. The molecule has 4 heteroatoms. The average Bonchev–Trinajstić information content (AvgIpc) is 3.02. The Morgan fingerprint density at radius 2 is 2.00 bits per heavy atom. The van der Waals surface area contributed by atoms with Crippen molar-refractivity contribution in [3.05, 3.63) is 24.3 Å². The van der Waals surface area contributed by atoms with E-state index >= 15 is 0 Å². The van der Waals surface area contributed by atoms with Crippen LogP contribution in [0.15, 0.2) is 24.3 Å². The van der Waals surface area contributed by atoms with E-state index in [2.05, 4.69) is 40.3 Å². The molecule has 0 bridgehead atoms. The molecule has 0 unspecified atom stereocenters. The Morgan fingerprint density at radius 1 is 1.25 bits per heavy atom. The van der Waals surface area contributed by atoms with Gasteiger partial charge in [-0.05, 0) is 39.1 Å². The number of imidazole rings is 1. The molecule has 1 aliphatic carbocycles. The summed E-state index contributed by atoms with van der Waals surface area (Å²) in [6.45, 7) is 2.16. The molecular formula is C16H24N4. The van der Waals surface area contributed by atoms with Gasteiger partial charge in [0.25, 0.3) is 0 Å². The van der Waals surface area contributed by atoms with Gasteiger partial charge in [-0.25, -0.2) is 4.98 Å². The fourth-order valence-electron chi connectivity index (χ4n) is 3.49. The zero-order valence-electron chi connectivity index (χ0n) is 12.4. The highest BCUT2D eigenvalue weighted by Gasteiger charge is 2.34. The normalized spacial score (nSPS) is 17.9. The smallest absolute Gasteiger partial charge is 0.201 e. The minimum absolute atomic E-state index is 0.405. The lowest BCUT2D eigenvalue weighted by Gasteiger charge is -2.32. The minimum Gasteiger partial charge on any atom is -0.355 e. The van der Waals surface area contributed by atoms with Crippen molar-refractivity contribution in [3.63, 3.8) is 0 Å². The van der Waals surface area contributed by atoms with Gasteiger partial charge in [0.05, 0.1) is 11.0 Å². The zero-order valence-corrected chi connectivity index (χ0v) is 12.4. The van der Waals surface area contributed by atoms with E-state index in [1.807, 2.05) is 18.2 Å². The summed E-state index contributed by atoms with van der Waals surface area (Å²) in [4.78, 5) is 10.3. The number of para-hydroxylation sites is 2. The molecule has 1 aromatic heterocycles. The Labute approximate surface area is 120 Å². The second-order valence-corrected chi connectivity index (χ2v) is 6.40. The number of aromatic nitrogens is 2. The minimum atomic E-state index is 0.405. The quantitative estimate of drug-likeness (QED) is 0.879. The van der Waals surface area contributed by atoms with Crippen molar-refractivity contribution in [2.75, 3.05) is 32.5 Å². The third-order valence-electron chi connectivity index (χ3n) is 4.34. The third-order valence-corrected chi connectivity index (χ3v) is 4.34. The van der Waals surface area contributed by atoms with Gasteiger partial charge in [-0.3, -0.25) is 0 Å². The van der Waals surface area contributed by atoms with Gasteiger partial charge in [0.1, 0.15) is 0 Å². The summed E-state index contributed by atoms with van der Waals surface area (Å²) in [5.74, 6) is 0.899. The van der Waals surface area contributed by atoms with Crippen molar-refractivity contribution >= 4 is 17.0 Å². The molecule has 4 nitrogen and oxygen atoms in total. The maximum atomic E-state index is 4.60. The predicted molar refractivity (Wildman–Crippen MR) is 84.0 cm³/mol. The summed E-state index contributed by atoms with van der Waals surface area (Å²) in [6.07, 6.45) is 5.35. The van der Waals surface area contributed by atoms with Gasteiger partial charge < -0.3 is 15.2 Å². The van der Waals surface area contributed by atoms with E-state index < -0.39 is 0 Å². The van der Waals surface area contributed by atoms with Crippen molar-refractivity contribution in [3.8, 4) is 0 Å². The molecule has 0 radical (unpaired) electrons. The van der Waals surface area contributed by atoms with Crippen LogP contribution in [0.5, 0.6) is 0 Å². The first-order valence-corrected chi connectivity index (χ1v) is 7.50. The molecule has 1 saturated carbocycles. The fourth-order valence-corrected chi connectivity index (χ4v) is 3.49. The standard InChI is InChI=1S/C16H24N4/c1-20(2)12-16(9-5-6-10-16)11-17-15-18-13-7-3-4-8-14(13)19-15/h3-4,7-8H,5-6,9-12H2,1-2H3,(H2,17,18,19). The molecule has 20 heavy (non-hydrogen) atoms. The van der Waals surface area contributed by atoms with Crippen molar-refractivity contribution in [2.24, 2.45) is 5.41 Å². The summed E-state index contributed by atoms with van der Waals surface area (Å²) in [6, 6.07) is 8.17. The molecule has 0 atom stereocenters. The van der Waals surface area contributed by atoms with E-state index in [9.17, 15) is 0 Å². The number of aromatic amines is 1. The lowest BCUT2D eigenvalue weighted by molar-refractivity contribution is 0.215. The van der Waals surface area contributed by atoms with Gasteiger partial charge in [-0.1, -0.05) is 25.0 Å². The highest BCUT2D eigenvalue weighted by molar-refractivity contribution is 5.77. The molecule has 1 aliphatic rings. The number of hydrogen-bond donors (Lipinski definition) is 2. The van der Waals surface area contributed by atoms with Gasteiger partial charge in [0.15, 0.2) is 0 Å². The van der Waals surface area contributed by atoms with Gasteiger partial charge in [-0.15, -0.1) is 0 Å². The summed E-state index contributed by atoms with van der Waals surface area (Å²) in [5.41, 5.74) is 2.54. The van der Waals surface area contributed by atoms with Crippen LogP contribution in [0, 0.1) is 5.41 Å². The lowest BCUT2D eigenvalue weighted by atomic mass is 9.85. The molecule has 1 aromatic carbocycles. The first kappa shape index (κ1) is 13.4. The Hall–Kier alpha value is -1.55. The van der Waals surface area contributed by atoms with Crippen LogP contribution >= 0.6 is 0 Å². The number of benzene rings is 1. The molecular weight excluding hydrogens is 248 g/mol. The first-order chi connectivity index (χ1) is 9.67. The second-order valence-electron chi connectivity index (χ2n) is 6.40. The van der Waals surface area contributed by atoms with Crippen LogP contribution in [0.2, 0.25) is 0 Å². The van der Waals surface area contributed by atoms with Gasteiger partial charge in [0.2, 0.25) is 5.95 Å². The molecule has 2 aromatic rings. The van der Waals surface area contributed by atoms with Crippen molar-refractivity contribution in [2.45, 2.75) is 25.7 Å². The lowest BCUT2D eigenvalue weighted by Crippen LogP contribution is -2.37. The van der Waals surface area contributed by atoms with Crippen molar-refractivity contribution < 1.29 is 0 Å². The molecule has 1 fully saturated rings. The summed E-state index contributed by atoms with van der Waals surface area (Å²) in [5, 5.41) is 3.53. The van der Waals surface area contributed by atoms with Gasteiger partial charge in [0, 0.05) is 18.5 Å². The largest absolute Gasteiger partial charge is 0.355 e. The SMILES string of the molecule is CN(C)CC1(CNc2nc3ccccc3[nH]2)CCCC1. The predicted octanol–water partition coefficient (Wildman–Crippen LogP) is 3.10. The Morgan fingerprint density at radius 3 is 2.70 bits per heavy atom. The van der Waals surface area contributed by atoms with Gasteiger partial charge in [-0.2, -0.15) is 0 Å². The highest BCUT2D eigenvalue weighted by Crippen LogP contribution is 2.38. The molecule has 0 aliphatic heterocycles. The molecule has 0 spiro atoms. The number of anilines is 1. The van der Waals surface area contributed by atoms with Crippen LogP contribution in [0.4, 0.5) is 5.95 Å². The number of rotatable bonds is 5. The topological polar surface area (TPSA) is 44.0 Å². The Kier molecular flexibility index (Phi) is 3.66. The maximum absolute atomic E-state index is 4.60. The number of fused-ring (bicyclic) bond motifs is 1. The Balaban J connectivity index is 1.70. The maximum Gasteiger partial charge on any atom is 0.201 e. The molecule has 2 N–H and O–H groups in total. The summed E-state index contributed by atoms with van der Waals surface area (Å²) in [7, 11) is 4.34. The number of nitrogens with zero attached hydrogens (tertiary/aromatic N) is 2. The van der Waals surface area contributed by atoms with Gasteiger partial charge >= 0.3 is 0 Å². The van der Waals surface area contributed by atoms with Crippen molar-refractivity contribution in [1.29, 1.82) is 0 Å². The van der Waals surface area contributed by atoms with Crippen LogP contribution in [-0.4, -0.2) is 42.1 Å². The summed E-state index contributed by atoms with van der Waals surface area (Å²) < 4.78 is 0. The fraction of sp³-hybridized carbons (Fsp3) is 0.562. The van der Waals surface area contributed by atoms with Crippen LogP contribution in [0.3, 0.4) is 0 Å². The van der Waals surface area contributed by atoms with Crippen LogP contribution in [0.25, 0.3) is 11.0 Å². The van der Waals surface area contributed by atoms with E-state index in [1.165, 1.54) is 25.7 Å². The number of H-pyrrole nitrogens is 1. The summed E-state index contributed by atoms with van der Waals surface area (Å²) >= 11 is 0. The molecule has 0 amide bonds. The van der Waals surface area contributed by atoms with E-state index in [0.717, 1.165) is 30.1 Å². The second kappa shape index (κ2) is 5.44. The van der Waals surface area contributed by atoms with E-state index in [4.69, 9.17) is 0 Å². The van der Waals surface area contributed by atoms with Crippen molar-refractivity contribution in [1.82, 2.24) is 14.9 Å². The molecule has 3 rings (SSSR count). The molecule has 0 saturated heterocycles. The van der Waals surface area contributed by atoms with Crippen LogP contribution in [0.1, 0.15) is 25.7 Å².